The molecule has 0 atom stereocenters. The molecular weight excluding hydrogens is 1280 g/mol. The zero-order valence-corrected chi connectivity index (χ0v) is 57.2. The van der Waals surface area contributed by atoms with Crippen LogP contribution in [0.2, 0.25) is 0 Å². The highest BCUT2D eigenvalue weighted by Gasteiger charge is 2.51. The van der Waals surface area contributed by atoms with E-state index in [1.54, 1.807) is 0 Å². The Morgan fingerprint density at radius 1 is 0.280 bits per heavy atom. The van der Waals surface area contributed by atoms with Gasteiger partial charge in [-0.3, -0.25) is 8.80 Å². The van der Waals surface area contributed by atoms with E-state index in [-0.39, 0.29) is 11.2 Å². The number of fused-ring (bicyclic) bond motifs is 22. The molecule has 4 aromatic heterocycles. The van der Waals surface area contributed by atoms with Crippen LogP contribution in [0.1, 0.15) is 27.7 Å². The Kier molecular flexibility index (Phi) is 13.9. The first-order chi connectivity index (χ1) is 49.0. The van der Waals surface area contributed by atoms with Gasteiger partial charge in [0.15, 0.2) is 0 Å². The highest BCUT2D eigenvalue weighted by molar-refractivity contribution is 9.10. The van der Waals surface area contributed by atoms with E-state index < -0.39 is 7.12 Å². The summed E-state index contributed by atoms with van der Waals surface area (Å²) in [5.74, 6) is 0. The molecule has 1 aliphatic rings. The van der Waals surface area contributed by atoms with Crippen molar-refractivity contribution in [2.45, 2.75) is 38.9 Å². The Bertz CT molecular complexity index is 6660. The molecule has 8 heteroatoms. The summed E-state index contributed by atoms with van der Waals surface area (Å²) in [4.78, 5) is 10.3. The smallest absolute Gasteiger partial charge is 0.399 e. The fourth-order valence-electron chi connectivity index (χ4n) is 15.8. The summed E-state index contributed by atoms with van der Waals surface area (Å²) in [7, 11) is -0.391. The second-order valence-corrected chi connectivity index (χ2v) is 28.2. The highest BCUT2D eigenvalue weighted by atomic mass is 79.9. The lowest BCUT2D eigenvalue weighted by atomic mass is 9.79. The van der Waals surface area contributed by atoms with Gasteiger partial charge in [-0.15, -0.1) is 0 Å². The maximum Gasteiger partial charge on any atom is 0.494 e. The predicted molar refractivity (Wildman–Crippen MR) is 427 cm³/mol. The van der Waals surface area contributed by atoms with Crippen LogP contribution >= 0.6 is 15.9 Å². The van der Waals surface area contributed by atoms with E-state index in [1.807, 2.05) is 0 Å². The minimum Gasteiger partial charge on any atom is -0.399 e. The minimum absolute atomic E-state index is 0.363. The number of aromatic nitrogens is 4. The number of rotatable bonds is 4. The molecule has 0 amide bonds. The average molecular weight is 1350 g/mol. The van der Waals surface area contributed by atoms with Crippen molar-refractivity contribution in [1.82, 2.24) is 18.8 Å². The largest absolute Gasteiger partial charge is 0.494 e. The third kappa shape index (κ3) is 9.53. The number of pyridine rings is 2. The van der Waals surface area contributed by atoms with E-state index >= 15 is 0 Å². The maximum absolute atomic E-state index is 6.26. The fourth-order valence-corrected chi connectivity index (χ4v) is 16.4. The third-order valence-corrected chi connectivity index (χ3v) is 22.1. The van der Waals surface area contributed by atoms with Crippen molar-refractivity contribution >= 4 is 170 Å². The van der Waals surface area contributed by atoms with E-state index in [9.17, 15) is 0 Å². The van der Waals surface area contributed by atoms with Gasteiger partial charge in [-0.1, -0.05) is 267 Å². The molecule has 100 heavy (non-hydrogen) atoms. The van der Waals surface area contributed by atoms with Crippen LogP contribution in [0.3, 0.4) is 0 Å². The molecule has 0 bridgehead atoms. The van der Waals surface area contributed by atoms with Crippen LogP contribution in [0.25, 0.3) is 175 Å². The minimum atomic E-state index is -0.391. The maximum atomic E-state index is 6.26. The molecule has 5 heterocycles. The first-order valence-corrected chi connectivity index (χ1v) is 35.1. The van der Waals surface area contributed by atoms with Crippen molar-refractivity contribution in [2.75, 3.05) is 0 Å². The first-order valence-electron chi connectivity index (χ1n) is 34.3. The van der Waals surface area contributed by atoms with Crippen LogP contribution in [0.4, 0.5) is 0 Å². The molecule has 0 saturated carbocycles. The molecule has 16 aromatic carbocycles. The van der Waals surface area contributed by atoms with Gasteiger partial charge >= 0.3 is 7.12 Å². The Morgan fingerprint density at radius 3 is 1.02 bits per heavy atom. The molecule has 1 saturated heterocycles. The Hall–Kier alpha value is -11.5. The molecule has 20 aromatic rings. The van der Waals surface area contributed by atoms with Gasteiger partial charge in [-0.25, -0.2) is 9.97 Å². The zero-order valence-electron chi connectivity index (χ0n) is 55.6. The van der Waals surface area contributed by atoms with Gasteiger partial charge in [0.1, 0.15) is 11.3 Å². The van der Waals surface area contributed by atoms with E-state index in [0.717, 1.165) is 49.7 Å². The van der Waals surface area contributed by atoms with E-state index in [2.05, 4.69) is 368 Å². The molecule has 0 radical (unpaired) electrons. The number of benzene rings is 16. The summed E-state index contributed by atoms with van der Waals surface area (Å²) in [6.07, 6.45) is 0. The lowest BCUT2D eigenvalue weighted by Gasteiger charge is -2.32. The van der Waals surface area contributed by atoms with Crippen molar-refractivity contribution in [3.63, 3.8) is 0 Å². The molecular formula is C92H64BBrN4O2. The molecule has 0 N–H and O–H groups in total. The predicted octanol–water partition coefficient (Wildman–Crippen LogP) is 24.3. The number of para-hydroxylation sites is 2. The summed E-state index contributed by atoms with van der Waals surface area (Å²) in [5, 5.41) is 22.4. The van der Waals surface area contributed by atoms with Crippen molar-refractivity contribution in [1.29, 1.82) is 0 Å². The summed E-state index contributed by atoms with van der Waals surface area (Å²) in [6.45, 7) is 8.31. The number of halogens is 1. The van der Waals surface area contributed by atoms with Crippen LogP contribution in [0.15, 0.2) is 320 Å². The molecule has 474 valence electrons. The molecule has 6 nitrogen and oxygen atoms in total. The zero-order chi connectivity index (χ0) is 67.0. The van der Waals surface area contributed by atoms with Crippen LogP contribution in [-0.4, -0.2) is 37.1 Å². The van der Waals surface area contributed by atoms with Gasteiger partial charge in [0.25, 0.3) is 0 Å². The van der Waals surface area contributed by atoms with Crippen molar-refractivity contribution in [3.05, 3.63) is 320 Å². The Labute approximate surface area is 586 Å². The Balaban J connectivity index is 0.000000110. The number of hydrogen-bond acceptors (Lipinski definition) is 4. The van der Waals surface area contributed by atoms with Crippen LogP contribution < -0.4 is 5.46 Å². The first kappa shape index (κ1) is 59.7. The third-order valence-electron chi connectivity index (χ3n) is 21.2. The summed E-state index contributed by atoms with van der Waals surface area (Å²) < 4.78 is 18.3. The van der Waals surface area contributed by atoms with Gasteiger partial charge < -0.3 is 9.31 Å². The average Bonchev–Trinajstić information content (AvgIpc) is 1.45. The quantitative estimate of drug-likeness (QED) is 0.100. The summed E-state index contributed by atoms with van der Waals surface area (Å²) >= 11 is 3.83. The second-order valence-electron chi connectivity index (χ2n) is 27.5. The number of hydrogen-bond donors (Lipinski definition) is 0. The van der Waals surface area contributed by atoms with Crippen LogP contribution in [0.5, 0.6) is 0 Å². The van der Waals surface area contributed by atoms with Crippen LogP contribution in [0, 0.1) is 0 Å². The molecule has 0 aliphatic carbocycles. The van der Waals surface area contributed by atoms with Crippen molar-refractivity contribution < 1.29 is 9.31 Å². The molecule has 1 aliphatic heterocycles. The van der Waals surface area contributed by atoms with Gasteiger partial charge in [0, 0.05) is 26.0 Å². The number of imidazole rings is 2. The van der Waals surface area contributed by atoms with Gasteiger partial charge in [0.2, 0.25) is 0 Å². The molecule has 0 spiro atoms. The SMILES string of the molecule is Brc1c2ccccc2c(-c2ccc3ccccc3c2)c2ccccc12.CC1(C)OB(c2ccc3c(c2)nc2c4ccccc4c4ccccc4n32)OC1(C)C.c1ccc2cc(-c3c4ccccc4c(-c4ccc5c(c4)nc4c6ccccc6c6ccccc6n54)c4ccccc34)ccc2c1. The van der Waals surface area contributed by atoms with Crippen LogP contribution in [-0.2, 0) is 9.31 Å². The summed E-state index contributed by atoms with van der Waals surface area (Å²) in [5.41, 5.74) is 16.3. The molecule has 21 rings (SSSR count). The van der Waals surface area contributed by atoms with Gasteiger partial charge in [0.05, 0.1) is 44.3 Å². The van der Waals surface area contributed by atoms with Crippen molar-refractivity contribution in [2.24, 2.45) is 0 Å². The molecule has 1 fully saturated rings. The Morgan fingerprint density at radius 2 is 0.590 bits per heavy atom. The van der Waals surface area contributed by atoms with Gasteiger partial charge in [-0.05, 0) is 206 Å². The topological polar surface area (TPSA) is 53.1 Å². The van der Waals surface area contributed by atoms with Gasteiger partial charge in [-0.2, -0.15) is 0 Å². The van der Waals surface area contributed by atoms with E-state index in [0.29, 0.717) is 0 Å². The second kappa shape index (κ2) is 23.3. The standard InChI is InChI=1S/C43H26N2.C25H23BN2O2.C24H15Br/c1-2-12-28-25-29(22-21-27(28)11-1)41-33-15-4-6-17-35(33)42(36-18-7-5-16-34(36)41)30-23-24-40-38(26-30)44-43-37-19-8-3-13-31(37)32-14-9-10-20-39(32)45(40)43;1-24(2)25(3,4)30-26(29-24)16-13-14-22-20(15-16)27-23-19-11-6-5-9-17(19)18-10-7-8-12-21(18)28(22)23;25-24-21-11-5-3-9-19(21)23(20-10-4-6-12-22(20)24)18-14-13-16-7-1-2-8-17(16)15-18/h1-26H;5-15H,1-4H3;1-15H. The fraction of sp³-hybridized carbons (Fsp3) is 0.0652. The monoisotopic (exact) mass is 1350 g/mol. The number of nitrogens with zero attached hydrogens (tertiary/aromatic N) is 4. The van der Waals surface area contributed by atoms with E-state index in [4.69, 9.17) is 19.3 Å². The highest BCUT2D eigenvalue weighted by Crippen LogP contribution is 2.47. The molecule has 0 unspecified atom stereocenters. The van der Waals surface area contributed by atoms with Crippen molar-refractivity contribution in [3.8, 4) is 33.4 Å². The lowest BCUT2D eigenvalue weighted by Crippen LogP contribution is -2.41. The lowest BCUT2D eigenvalue weighted by molar-refractivity contribution is 0.00578. The van der Waals surface area contributed by atoms with E-state index in [1.165, 1.54) is 135 Å². The normalized spacial score (nSPS) is 13.7. The summed E-state index contributed by atoms with van der Waals surface area (Å²) in [6, 6.07) is 113.